The van der Waals surface area contributed by atoms with Crippen molar-refractivity contribution in [2.24, 2.45) is 0 Å². The van der Waals surface area contributed by atoms with E-state index in [9.17, 15) is 9.59 Å². The molecule has 2 heterocycles. The van der Waals surface area contributed by atoms with Crippen LogP contribution >= 0.6 is 0 Å². The Labute approximate surface area is 109 Å². The Morgan fingerprint density at radius 3 is 2.68 bits per heavy atom. The highest BCUT2D eigenvalue weighted by molar-refractivity contribution is 5.06. The summed E-state index contributed by atoms with van der Waals surface area (Å²) in [5.41, 5.74) is 0.317. The van der Waals surface area contributed by atoms with Crippen molar-refractivity contribution in [3.05, 3.63) is 56.9 Å². The number of methoxy groups -OCH3 is 1. The second-order valence-electron chi connectivity index (χ2n) is 4.11. The highest BCUT2D eigenvalue weighted by Crippen LogP contribution is 2.04. The smallest absolute Gasteiger partial charge is 0.299 e. The molecule has 19 heavy (non-hydrogen) atoms. The molecule has 0 bridgehead atoms. The average molecular weight is 261 g/mol. The molecular formula is C13H15N3O3. The molecule has 2 aromatic rings. The maximum atomic E-state index is 11.9. The Balaban J connectivity index is 2.28. The molecule has 6 heteroatoms. The van der Waals surface area contributed by atoms with E-state index >= 15 is 0 Å². The van der Waals surface area contributed by atoms with Crippen LogP contribution in [0.15, 0.2) is 40.1 Å². The molecule has 0 radical (unpaired) electrons. The molecule has 0 saturated carbocycles. The fraction of sp³-hybridized carbons (Fsp3) is 0.308. The van der Waals surface area contributed by atoms with Crippen LogP contribution in [0.4, 0.5) is 0 Å². The van der Waals surface area contributed by atoms with E-state index in [1.807, 2.05) is 0 Å². The van der Waals surface area contributed by atoms with E-state index in [1.165, 1.54) is 28.4 Å². The highest BCUT2D eigenvalue weighted by atomic mass is 16.5. The van der Waals surface area contributed by atoms with Gasteiger partial charge in [-0.25, -0.2) is 4.98 Å². The molecule has 0 fully saturated rings. The standard InChI is InChI=1S/C13H15N3O3/c1-10-9-12(18)16(13(14-10)19-2)8-7-15-6-4-3-5-11(15)17/h3-6,9H,7-8H2,1-2H3. The summed E-state index contributed by atoms with van der Waals surface area (Å²) in [6.07, 6.45) is 1.68. The van der Waals surface area contributed by atoms with Crippen molar-refractivity contribution in [1.29, 1.82) is 0 Å². The van der Waals surface area contributed by atoms with Gasteiger partial charge in [-0.15, -0.1) is 0 Å². The molecule has 2 aromatic heterocycles. The molecule has 0 aromatic carbocycles. The third kappa shape index (κ3) is 2.90. The summed E-state index contributed by atoms with van der Waals surface area (Å²) in [7, 11) is 1.46. The van der Waals surface area contributed by atoms with Gasteiger partial charge in [-0.2, -0.15) is 0 Å². The van der Waals surface area contributed by atoms with Crippen LogP contribution in [0, 0.1) is 6.92 Å². The minimum absolute atomic E-state index is 0.102. The van der Waals surface area contributed by atoms with E-state index in [4.69, 9.17) is 4.74 Å². The van der Waals surface area contributed by atoms with E-state index in [0.29, 0.717) is 18.8 Å². The number of ether oxygens (including phenoxy) is 1. The average Bonchev–Trinajstić information content (AvgIpc) is 2.38. The molecule has 0 saturated heterocycles. The first-order chi connectivity index (χ1) is 9.11. The molecule has 0 N–H and O–H groups in total. The Bertz CT molecular complexity index is 688. The number of aromatic nitrogens is 3. The van der Waals surface area contributed by atoms with Gasteiger partial charge in [0.25, 0.3) is 17.1 Å². The third-order valence-corrected chi connectivity index (χ3v) is 2.75. The zero-order valence-electron chi connectivity index (χ0n) is 10.9. The predicted octanol–water partition coefficient (Wildman–Crippen LogP) is 0.422. The maximum absolute atomic E-state index is 11.9. The van der Waals surface area contributed by atoms with Crippen molar-refractivity contribution in [2.75, 3.05) is 7.11 Å². The third-order valence-electron chi connectivity index (χ3n) is 2.75. The first-order valence-corrected chi connectivity index (χ1v) is 5.90. The lowest BCUT2D eigenvalue weighted by Gasteiger charge is -2.11. The minimum Gasteiger partial charge on any atom is -0.468 e. The fourth-order valence-electron chi connectivity index (χ4n) is 1.81. The lowest BCUT2D eigenvalue weighted by molar-refractivity contribution is 0.338. The second-order valence-corrected chi connectivity index (χ2v) is 4.11. The second kappa shape index (κ2) is 5.51. The van der Waals surface area contributed by atoms with Crippen molar-refractivity contribution in [3.8, 4) is 6.01 Å². The van der Waals surface area contributed by atoms with Gasteiger partial charge in [0.15, 0.2) is 0 Å². The quantitative estimate of drug-likeness (QED) is 0.800. The van der Waals surface area contributed by atoms with Crippen molar-refractivity contribution < 1.29 is 4.74 Å². The van der Waals surface area contributed by atoms with Gasteiger partial charge in [-0.1, -0.05) is 6.07 Å². The number of hydrogen-bond acceptors (Lipinski definition) is 4. The minimum atomic E-state index is -0.187. The zero-order valence-corrected chi connectivity index (χ0v) is 10.9. The normalized spacial score (nSPS) is 10.4. The van der Waals surface area contributed by atoms with Crippen LogP contribution in [0.5, 0.6) is 6.01 Å². The zero-order chi connectivity index (χ0) is 13.8. The van der Waals surface area contributed by atoms with Crippen LogP contribution < -0.4 is 15.9 Å². The van der Waals surface area contributed by atoms with Crippen molar-refractivity contribution >= 4 is 0 Å². The first-order valence-electron chi connectivity index (χ1n) is 5.90. The van der Waals surface area contributed by atoms with E-state index in [-0.39, 0.29) is 17.1 Å². The summed E-state index contributed by atoms with van der Waals surface area (Å²) in [5.74, 6) is 0. The summed E-state index contributed by atoms with van der Waals surface area (Å²) >= 11 is 0. The van der Waals surface area contributed by atoms with Crippen molar-refractivity contribution in [2.45, 2.75) is 20.0 Å². The van der Waals surface area contributed by atoms with Gasteiger partial charge in [-0.3, -0.25) is 14.2 Å². The van der Waals surface area contributed by atoms with Gasteiger partial charge in [0.1, 0.15) is 0 Å². The highest BCUT2D eigenvalue weighted by Gasteiger charge is 2.07. The van der Waals surface area contributed by atoms with E-state index in [2.05, 4.69) is 4.98 Å². The monoisotopic (exact) mass is 261 g/mol. The van der Waals surface area contributed by atoms with Gasteiger partial charge in [-0.05, 0) is 13.0 Å². The lowest BCUT2D eigenvalue weighted by atomic mass is 10.4. The number of aryl methyl sites for hydroxylation is 2. The number of pyridine rings is 1. The lowest BCUT2D eigenvalue weighted by Crippen LogP contribution is -2.27. The van der Waals surface area contributed by atoms with Crippen LogP contribution in [0.3, 0.4) is 0 Å². The number of rotatable bonds is 4. The van der Waals surface area contributed by atoms with Gasteiger partial charge >= 0.3 is 0 Å². The molecule has 0 aliphatic heterocycles. The SMILES string of the molecule is COc1nc(C)cc(=O)n1CCn1ccccc1=O. The molecule has 0 atom stereocenters. The van der Waals surface area contributed by atoms with Gasteiger partial charge < -0.3 is 9.30 Å². The maximum Gasteiger partial charge on any atom is 0.299 e. The summed E-state index contributed by atoms with van der Waals surface area (Å²) in [4.78, 5) is 27.6. The van der Waals surface area contributed by atoms with Crippen LogP contribution in [-0.4, -0.2) is 21.2 Å². The fourth-order valence-corrected chi connectivity index (χ4v) is 1.81. The Morgan fingerprint density at radius 1 is 1.21 bits per heavy atom. The number of hydrogen-bond donors (Lipinski definition) is 0. The molecule has 100 valence electrons. The van der Waals surface area contributed by atoms with Crippen molar-refractivity contribution in [1.82, 2.24) is 14.1 Å². The van der Waals surface area contributed by atoms with Crippen molar-refractivity contribution in [3.63, 3.8) is 0 Å². The van der Waals surface area contributed by atoms with Crippen LogP contribution in [0.25, 0.3) is 0 Å². The van der Waals surface area contributed by atoms with Gasteiger partial charge in [0, 0.05) is 37.1 Å². The van der Waals surface area contributed by atoms with E-state index in [0.717, 1.165) is 0 Å². The largest absolute Gasteiger partial charge is 0.468 e. The van der Waals surface area contributed by atoms with Gasteiger partial charge in [0.05, 0.1) is 7.11 Å². The summed E-state index contributed by atoms with van der Waals surface area (Å²) < 4.78 is 8.03. The molecule has 0 aliphatic carbocycles. The Kier molecular flexibility index (Phi) is 3.79. The number of nitrogens with zero attached hydrogens (tertiary/aromatic N) is 3. The molecule has 0 amide bonds. The summed E-state index contributed by atoms with van der Waals surface area (Å²) in [5, 5.41) is 0. The Morgan fingerprint density at radius 2 is 2.00 bits per heavy atom. The van der Waals surface area contributed by atoms with Crippen LogP contribution in [-0.2, 0) is 13.1 Å². The first kappa shape index (κ1) is 13.1. The van der Waals surface area contributed by atoms with E-state index < -0.39 is 0 Å². The molecule has 6 nitrogen and oxygen atoms in total. The van der Waals surface area contributed by atoms with Gasteiger partial charge in [0.2, 0.25) is 0 Å². The predicted molar refractivity (Wildman–Crippen MR) is 70.5 cm³/mol. The van der Waals surface area contributed by atoms with Crippen LogP contribution in [0.1, 0.15) is 5.69 Å². The van der Waals surface area contributed by atoms with E-state index in [1.54, 1.807) is 25.3 Å². The topological polar surface area (TPSA) is 66.1 Å². The summed E-state index contributed by atoms with van der Waals surface area (Å²) in [6.45, 7) is 2.45. The molecule has 0 aliphatic rings. The molecule has 0 unspecified atom stereocenters. The molecule has 2 rings (SSSR count). The summed E-state index contributed by atoms with van der Waals surface area (Å²) in [6, 6.07) is 6.63. The molecular weight excluding hydrogens is 246 g/mol. The molecule has 0 spiro atoms. The Hall–Kier alpha value is -2.37. The van der Waals surface area contributed by atoms with Crippen LogP contribution in [0.2, 0.25) is 0 Å².